The smallest absolute Gasteiger partial charge is 0.247 e. The standard InChI is InChI=1S/C11H19NO.C9H15NO.C9H11NO.4C9H11NS.C8H13NO.C6H5N.C5H12/c1-5-10(13)9-6-7-12(8-9)11(2,3)4;1-9(2,3)10-7-5-4-6-8(10)11;1-5-7-6-8(11-10-7)9(2,3)4;1-5-8-10-7(6-11-8)9(2,3)4;1-5-8-10-6-7(11-8)9(2,3)4;1-5-8-7(6-11-10-8)9(2,3)4;1-5-7-6-8(11-10-7)9(2,3)4;1-8(2,3)9-6-4-5-7(9)10;1-2-6-4-3-5-7-6;1-5(2,3)4/h5,9H,1,6-8H2,2-4H3;4,6H,5,7H2,1-3H3;5*1,6H,2-4H3;4-5H,6H2,1-3H3;1,3-4H,5H2;1-4H3. The normalized spacial score (nSPS) is 14.9. The maximum Gasteiger partial charge on any atom is 0.247 e. The minimum absolute atomic E-state index is 0.0118. The van der Waals surface area contributed by atoms with Crippen molar-refractivity contribution in [2.45, 2.75) is 250 Å². The van der Waals surface area contributed by atoms with Crippen molar-refractivity contribution in [1.29, 1.82) is 0 Å². The highest BCUT2D eigenvalue weighted by atomic mass is 32.1. The number of aromatic nitrogens is 5. The van der Waals surface area contributed by atoms with Crippen molar-refractivity contribution in [3.05, 3.63) is 132 Å². The molecule has 1 atom stereocenters. The van der Waals surface area contributed by atoms with Crippen molar-refractivity contribution < 1.29 is 18.9 Å². The van der Waals surface area contributed by atoms with Crippen LogP contribution in [0.15, 0.2) is 87.7 Å². The van der Waals surface area contributed by atoms with Crippen molar-refractivity contribution in [1.82, 2.24) is 38.6 Å². The molecule has 17 heteroatoms. The third-order valence-corrected chi connectivity index (χ3v) is 18.1. The molecule has 1 saturated heterocycles. The predicted molar refractivity (Wildman–Crippen MR) is 434 cm³/mol. The van der Waals surface area contributed by atoms with Crippen LogP contribution in [-0.2, 0) is 41.5 Å². The number of thiazole rings is 2. The summed E-state index contributed by atoms with van der Waals surface area (Å²) in [5.74, 6) is 16.5. The topological polar surface area (TPSA) is 151 Å². The molecule has 101 heavy (non-hydrogen) atoms. The first kappa shape index (κ1) is 93.3. The predicted octanol–water partition coefficient (Wildman–Crippen LogP) is 18.9. The number of nitrogens with zero attached hydrogens (tertiary/aromatic N) is 9. The first-order valence-electron chi connectivity index (χ1n) is 33.8. The molecule has 0 saturated carbocycles. The second kappa shape index (κ2) is 41.4. The molecular formula is C84H119N9O4S4. The zero-order valence-electron chi connectivity index (χ0n) is 66.4. The van der Waals surface area contributed by atoms with Gasteiger partial charge in [0.25, 0.3) is 0 Å². The van der Waals surface area contributed by atoms with E-state index in [2.05, 4.69) is 228 Å². The van der Waals surface area contributed by atoms with E-state index in [1.807, 2.05) is 98.7 Å². The molecule has 0 bridgehead atoms. The van der Waals surface area contributed by atoms with Crippen LogP contribution in [0.1, 0.15) is 261 Å². The van der Waals surface area contributed by atoms with Crippen molar-refractivity contribution in [3.8, 4) is 74.1 Å². The number of carbonyl (C=O) groups excluding carboxylic acids is 3. The van der Waals surface area contributed by atoms with Crippen LogP contribution < -0.4 is 0 Å². The summed E-state index contributed by atoms with van der Waals surface area (Å²) in [7, 11) is 0. The van der Waals surface area contributed by atoms with Crippen molar-refractivity contribution in [3.63, 3.8) is 0 Å². The molecule has 1 fully saturated rings. The van der Waals surface area contributed by atoms with Crippen LogP contribution >= 0.6 is 45.7 Å². The Balaban J connectivity index is 0.00000111. The van der Waals surface area contributed by atoms with Gasteiger partial charge < -0.3 is 14.3 Å². The second-order valence-corrected chi connectivity index (χ2v) is 36.9. The van der Waals surface area contributed by atoms with Gasteiger partial charge in [0.05, 0.1) is 12.2 Å². The molecule has 1 unspecified atom stereocenters. The highest BCUT2D eigenvalue weighted by Gasteiger charge is 2.33. The number of ketones is 1. The number of hydrogen-bond acceptors (Lipinski definition) is 15. The Morgan fingerprint density at radius 2 is 1.15 bits per heavy atom. The minimum atomic E-state index is -0.0272. The van der Waals surface area contributed by atoms with E-state index in [4.69, 9.17) is 43.1 Å². The maximum absolute atomic E-state index is 11.3. The van der Waals surface area contributed by atoms with Crippen molar-refractivity contribution in [2.24, 2.45) is 16.3 Å². The van der Waals surface area contributed by atoms with Crippen LogP contribution in [-0.4, -0.2) is 111 Å². The molecule has 4 aliphatic rings. The van der Waals surface area contributed by atoms with Crippen LogP contribution in [0.3, 0.4) is 0 Å². The quantitative estimate of drug-likeness (QED) is 0.123. The summed E-state index contributed by atoms with van der Waals surface area (Å²) in [4.78, 5) is 54.6. The third-order valence-electron chi connectivity index (χ3n) is 14.1. The summed E-state index contributed by atoms with van der Waals surface area (Å²) in [5.41, 5.74) is 6.33. The minimum Gasteiger partial charge on any atom is -0.360 e. The van der Waals surface area contributed by atoms with E-state index >= 15 is 0 Å². The number of rotatable bonds is 2. The fourth-order valence-corrected chi connectivity index (χ4v) is 11.4. The molecule has 9 rings (SSSR count). The zero-order chi connectivity index (χ0) is 78.3. The fraction of sp³-hybridized carbons (Fsp3) is 0.536. The van der Waals surface area contributed by atoms with E-state index in [1.165, 1.54) is 55.8 Å². The van der Waals surface area contributed by atoms with E-state index in [0.717, 1.165) is 84.1 Å². The van der Waals surface area contributed by atoms with E-state index in [-0.39, 0.29) is 67.2 Å². The number of terminal acetylenes is 6. The van der Waals surface area contributed by atoms with E-state index in [0.29, 0.717) is 11.1 Å². The lowest BCUT2D eigenvalue weighted by Gasteiger charge is -2.36. The van der Waals surface area contributed by atoms with Gasteiger partial charge in [-0.25, -0.2) is 9.97 Å². The molecule has 0 aromatic carbocycles. The summed E-state index contributed by atoms with van der Waals surface area (Å²) in [6, 6.07) is 3.77. The molecule has 548 valence electrons. The highest BCUT2D eigenvalue weighted by Crippen LogP contribution is 2.30. The summed E-state index contributed by atoms with van der Waals surface area (Å²) < 4.78 is 13.2. The van der Waals surface area contributed by atoms with Gasteiger partial charge in [0.15, 0.2) is 21.5 Å². The largest absolute Gasteiger partial charge is 0.360 e. The Hall–Kier alpha value is -7.71. The molecule has 5 aromatic rings. The van der Waals surface area contributed by atoms with E-state index < -0.39 is 0 Å². The number of aliphatic imine (C=N–C) groups is 1. The zero-order valence-corrected chi connectivity index (χ0v) is 69.7. The van der Waals surface area contributed by atoms with Gasteiger partial charge in [0, 0.05) is 97.4 Å². The molecular weight excluding hydrogens is 1330 g/mol. The summed E-state index contributed by atoms with van der Waals surface area (Å²) >= 11 is 6.04. The SMILES string of the molecule is C#CC1=NCC=C1.C#Cc1cc(C(C)(C)C)on1.C#Cc1cc(C(C)(C)C)sn1.C#Cc1nc(C(C)(C)C)cs1.C#Cc1ncc(C(C)(C)C)s1.C#Cc1nscc1C(C)(C)C.C=CC(=O)C1CCN(C(C)(C)C)C1.CC(C)(C)C.CC(C)(C)N1CC=CC1=O.CC(C)(C)N1CCC=CC1=O. The molecule has 4 aliphatic heterocycles. The molecule has 9 heterocycles. The molecule has 5 aromatic heterocycles. The monoisotopic (exact) mass is 1450 g/mol. The molecule has 0 aliphatic carbocycles. The van der Waals surface area contributed by atoms with Gasteiger partial charge in [-0.05, 0) is 180 Å². The van der Waals surface area contributed by atoms with Gasteiger partial charge in [-0.3, -0.25) is 24.3 Å². The average molecular weight is 1450 g/mol. The maximum atomic E-state index is 11.3. The van der Waals surface area contributed by atoms with Gasteiger partial charge in [0.2, 0.25) is 11.8 Å². The van der Waals surface area contributed by atoms with Crippen LogP contribution in [0.25, 0.3) is 0 Å². The van der Waals surface area contributed by atoms with Gasteiger partial charge in [-0.2, -0.15) is 8.75 Å². The molecule has 0 radical (unpaired) electrons. The summed E-state index contributed by atoms with van der Waals surface area (Å²) in [6.07, 6.45) is 47.2. The molecule has 0 N–H and O–H groups in total. The second-order valence-electron chi connectivity index (χ2n) is 33.6. The van der Waals surface area contributed by atoms with Crippen molar-refractivity contribution in [2.75, 3.05) is 32.7 Å². The average Bonchev–Trinajstić information content (AvgIpc) is 1.41. The third kappa shape index (κ3) is 37.7. The van der Waals surface area contributed by atoms with Gasteiger partial charge >= 0.3 is 0 Å². The fourth-order valence-electron chi connectivity index (χ4n) is 8.17. The molecule has 2 amide bonds. The Labute approximate surface area is 627 Å². The summed E-state index contributed by atoms with van der Waals surface area (Å²) in [6.45, 7) is 67.3. The van der Waals surface area contributed by atoms with Crippen LogP contribution in [0.4, 0.5) is 0 Å². The Morgan fingerprint density at radius 3 is 1.44 bits per heavy atom. The lowest BCUT2D eigenvalue weighted by atomic mass is 9.88. The summed E-state index contributed by atoms with van der Waals surface area (Å²) in [5, 5.41) is 9.28. The van der Waals surface area contributed by atoms with Crippen LogP contribution in [0.5, 0.6) is 0 Å². The lowest BCUT2D eigenvalue weighted by molar-refractivity contribution is -0.131. The van der Waals surface area contributed by atoms with Gasteiger partial charge in [0.1, 0.15) is 22.9 Å². The Kier molecular flexibility index (Phi) is 38.2. The number of allylic oxidation sites excluding steroid dienone is 2. The Bertz CT molecular complexity index is 3550. The number of carbonyl (C=O) groups is 3. The first-order valence-corrected chi connectivity index (χ1v) is 37.1. The van der Waals surface area contributed by atoms with E-state index in [9.17, 15) is 14.4 Å². The molecule has 0 spiro atoms. The highest BCUT2D eigenvalue weighted by molar-refractivity contribution is 7.12. The first-order chi connectivity index (χ1) is 46.1. The number of amides is 2. The van der Waals surface area contributed by atoms with Crippen LogP contribution in [0.2, 0.25) is 0 Å². The van der Waals surface area contributed by atoms with Crippen LogP contribution in [0, 0.1) is 85.4 Å². The van der Waals surface area contributed by atoms with Crippen molar-refractivity contribution >= 4 is 69.0 Å². The molecule has 13 nitrogen and oxygen atoms in total. The van der Waals surface area contributed by atoms with Gasteiger partial charge in [-0.15, -0.1) is 61.2 Å². The van der Waals surface area contributed by atoms with E-state index in [1.54, 1.807) is 29.6 Å². The Morgan fingerprint density at radius 1 is 0.594 bits per heavy atom. The lowest BCUT2D eigenvalue weighted by Crippen LogP contribution is -2.46. The number of likely N-dealkylation sites (tertiary alicyclic amines) is 1. The number of hydrogen-bond donors (Lipinski definition) is 0. The van der Waals surface area contributed by atoms with Gasteiger partial charge in [-0.1, -0.05) is 167 Å².